The summed E-state index contributed by atoms with van der Waals surface area (Å²) in [5.41, 5.74) is 5.04. The third kappa shape index (κ3) is 4.63. The van der Waals surface area contributed by atoms with Crippen molar-refractivity contribution in [1.82, 2.24) is 4.90 Å². The molecule has 2 fully saturated rings. The normalized spacial score (nSPS) is 22.0. The number of anilines is 1. The highest BCUT2D eigenvalue weighted by atomic mass is 35.5. The summed E-state index contributed by atoms with van der Waals surface area (Å²) in [6.07, 6.45) is 12.9. The molecule has 4 rings (SSSR count). The molecule has 1 aromatic rings. The van der Waals surface area contributed by atoms with Crippen LogP contribution in [0.1, 0.15) is 63.9 Å². The largest absolute Gasteiger partial charge is 0.368 e. The number of hydrogen-bond donors (Lipinski definition) is 0. The number of ketones is 1. The van der Waals surface area contributed by atoms with Crippen LogP contribution in [-0.4, -0.2) is 43.4 Å². The summed E-state index contributed by atoms with van der Waals surface area (Å²) >= 11 is 0. The Labute approximate surface area is 176 Å². The van der Waals surface area contributed by atoms with E-state index < -0.39 is 0 Å². The molecule has 2 aliphatic carbocycles. The van der Waals surface area contributed by atoms with Gasteiger partial charge in [-0.2, -0.15) is 0 Å². The molecule has 1 saturated carbocycles. The van der Waals surface area contributed by atoms with Crippen LogP contribution in [0.4, 0.5) is 5.69 Å². The van der Waals surface area contributed by atoms with Gasteiger partial charge in [-0.05, 0) is 49.2 Å². The lowest BCUT2D eigenvalue weighted by atomic mass is 9.72. The van der Waals surface area contributed by atoms with Crippen molar-refractivity contribution in [3.63, 3.8) is 0 Å². The van der Waals surface area contributed by atoms with E-state index in [0.717, 1.165) is 26.2 Å². The number of rotatable bonds is 5. The van der Waals surface area contributed by atoms with Crippen molar-refractivity contribution in [2.75, 3.05) is 37.6 Å². The summed E-state index contributed by atoms with van der Waals surface area (Å²) in [6, 6.07) is 8.98. The number of hydrogen-bond acceptors (Lipinski definition) is 3. The summed E-state index contributed by atoms with van der Waals surface area (Å²) in [7, 11) is 0. The molecule has 3 aliphatic rings. The fourth-order valence-corrected chi connectivity index (χ4v) is 5.30. The van der Waals surface area contributed by atoms with E-state index in [4.69, 9.17) is 0 Å². The van der Waals surface area contributed by atoms with E-state index in [2.05, 4.69) is 40.1 Å². The minimum atomic E-state index is 0. The molecule has 0 atom stereocenters. The van der Waals surface area contributed by atoms with Crippen LogP contribution in [0.2, 0.25) is 0 Å². The van der Waals surface area contributed by atoms with Crippen molar-refractivity contribution >= 4 is 29.5 Å². The van der Waals surface area contributed by atoms with Crippen molar-refractivity contribution in [2.45, 2.75) is 58.3 Å². The highest BCUT2D eigenvalue weighted by Crippen LogP contribution is 2.50. The molecule has 0 unspecified atom stereocenters. The second-order valence-corrected chi connectivity index (χ2v) is 8.81. The number of halogens is 1. The third-order valence-corrected chi connectivity index (χ3v) is 7.13. The summed E-state index contributed by atoms with van der Waals surface area (Å²) in [6.45, 7) is 6.60. The van der Waals surface area contributed by atoms with Crippen LogP contribution in [-0.2, 0) is 4.79 Å². The molecule has 3 nitrogen and oxygen atoms in total. The zero-order valence-electron chi connectivity index (χ0n) is 17.3. The number of Topliss-reactive ketones (excluding diaryl/α,β-unsaturated/α-hetero) is 1. The van der Waals surface area contributed by atoms with Gasteiger partial charge in [0.05, 0.1) is 6.54 Å². The summed E-state index contributed by atoms with van der Waals surface area (Å²) in [4.78, 5) is 16.6. The van der Waals surface area contributed by atoms with E-state index in [9.17, 15) is 4.79 Å². The summed E-state index contributed by atoms with van der Waals surface area (Å²) in [5, 5.41) is 0. The van der Waals surface area contributed by atoms with Gasteiger partial charge in [0.15, 0.2) is 0 Å². The number of nitrogens with zero attached hydrogens (tertiary/aromatic N) is 2. The molecule has 0 amide bonds. The van der Waals surface area contributed by atoms with Gasteiger partial charge in [0.2, 0.25) is 0 Å². The first-order chi connectivity index (χ1) is 13.2. The molecule has 1 aromatic carbocycles. The Morgan fingerprint density at radius 1 is 1.04 bits per heavy atom. The van der Waals surface area contributed by atoms with Crippen LogP contribution in [0.15, 0.2) is 30.3 Å². The molecule has 1 saturated heterocycles. The van der Waals surface area contributed by atoms with Gasteiger partial charge in [-0.1, -0.05) is 44.0 Å². The van der Waals surface area contributed by atoms with Crippen LogP contribution in [0.25, 0.3) is 5.57 Å². The van der Waals surface area contributed by atoms with Gasteiger partial charge < -0.3 is 4.90 Å². The number of piperazine rings is 1. The molecule has 1 heterocycles. The molecule has 1 aliphatic heterocycles. The van der Waals surface area contributed by atoms with Crippen LogP contribution in [0.5, 0.6) is 0 Å². The van der Waals surface area contributed by atoms with Crippen LogP contribution in [0, 0.1) is 5.41 Å². The van der Waals surface area contributed by atoms with E-state index in [-0.39, 0.29) is 12.4 Å². The Hall–Kier alpha value is -1.32. The highest BCUT2D eigenvalue weighted by molar-refractivity contribution is 5.85. The van der Waals surface area contributed by atoms with Gasteiger partial charge in [0.1, 0.15) is 5.78 Å². The Morgan fingerprint density at radius 3 is 2.39 bits per heavy atom. The number of para-hydroxylation sites is 1. The van der Waals surface area contributed by atoms with Crippen molar-refractivity contribution in [3.05, 3.63) is 35.9 Å². The average molecular weight is 403 g/mol. The van der Waals surface area contributed by atoms with E-state index in [1.165, 1.54) is 56.2 Å². The first kappa shape index (κ1) is 21.4. The van der Waals surface area contributed by atoms with E-state index in [1.807, 2.05) is 6.92 Å². The fraction of sp³-hybridized carbons (Fsp3) is 0.625. The van der Waals surface area contributed by atoms with Gasteiger partial charge in [-0.25, -0.2) is 0 Å². The maximum atomic E-state index is 11.7. The predicted molar refractivity (Wildman–Crippen MR) is 120 cm³/mol. The molecule has 0 radical (unpaired) electrons. The third-order valence-electron chi connectivity index (χ3n) is 7.13. The van der Waals surface area contributed by atoms with Crippen LogP contribution in [0.3, 0.4) is 0 Å². The summed E-state index contributed by atoms with van der Waals surface area (Å²) < 4.78 is 0. The molecule has 28 heavy (non-hydrogen) atoms. The van der Waals surface area contributed by atoms with E-state index >= 15 is 0 Å². The Kier molecular flexibility index (Phi) is 7.22. The maximum absolute atomic E-state index is 11.7. The van der Waals surface area contributed by atoms with Crippen molar-refractivity contribution in [2.24, 2.45) is 5.41 Å². The molecule has 154 valence electrons. The second kappa shape index (κ2) is 9.45. The van der Waals surface area contributed by atoms with E-state index in [0.29, 0.717) is 24.2 Å². The quantitative estimate of drug-likeness (QED) is 0.664. The van der Waals surface area contributed by atoms with Gasteiger partial charge >= 0.3 is 0 Å². The highest BCUT2D eigenvalue weighted by Gasteiger charge is 2.35. The maximum Gasteiger partial charge on any atom is 0.146 e. The van der Waals surface area contributed by atoms with Gasteiger partial charge in [0.25, 0.3) is 0 Å². The van der Waals surface area contributed by atoms with Crippen molar-refractivity contribution in [3.8, 4) is 0 Å². The minimum absolute atomic E-state index is 0. The molecular weight excluding hydrogens is 368 g/mol. The monoisotopic (exact) mass is 402 g/mol. The van der Waals surface area contributed by atoms with Gasteiger partial charge in [0, 0.05) is 43.9 Å². The topological polar surface area (TPSA) is 23.6 Å². The zero-order chi connectivity index (χ0) is 18.7. The Morgan fingerprint density at radius 2 is 1.75 bits per heavy atom. The van der Waals surface area contributed by atoms with Crippen molar-refractivity contribution < 1.29 is 4.79 Å². The lowest BCUT2D eigenvalue weighted by Gasteiger charge is -2.38. The number of benzene rings is 1. The number of carbonyl (C=O) groups is 1. The Balaban J connectivity index is 0.00000225. The SMILES string of the molecule is CCC(=O)CN1CCN(c2ccccc2C2=CCC3(CCCC3)CC2)CC1.Cl. The fourth-order valence-electron chi connectivity index (χ4n) is 5.30. The standard InChI is InChI=1S/C24H34N2O.ClH/c1-2-21(27)19-25-15-17-26(18-16-25)23-8-4-3-7-22(23)20-9-13-24(14-10-20)11-5-6-12-24;/h3-4,7-9H,2,5-6,10-19H2,1H3;1H. The number of carbonyl (C=O) groups excluding carboxylic acids is 1. The zero-order valence-corrected chi connectivity index (χ0v) is 18.1. The minimum Gasteiger partial charge on any atom is -0.368 e. The van der Waals surface area contributed by atoms with Crippen LogP contribution >= 0.6 is 12.4 Å². The Bertz CT molecular complexity index is 700. The molecule has 0 aromatic heterocycles. The lowest BCUT2D eigenvalue weighted by Crippen LogP contribution is -2.48. The first-order valence-corrected chi connectivity index (χ1v) is 11.0. The van der Waals surface area contributed by atoms with E-state index in [1.54, 1.807) is 5.57 Å². The van der Waals surface area contributed by atoms with Crippen molar-refractivity contribution in [1.29, 1.82) is 0 Å². The molecule has 4 heteroatoms. The lowest BCUT2D eigenvalue weighted by molar-refractivity contribution is -0.119. The van der Waals surface area contributed by atoms with Crippen LogP contribution < -0.4 is 4.90 Å². The predicted octanol–water partition coefficient (Wildman–Crippen LogP) is 5.34. The average Bonchev–Trinajstić information content (AvgIpc) is 3.17. The molecular formula is C24H35ClN2O. The van der Waals surface area contributed by atoms with Gasteiger partial charge in [-0.15, -0.1) is 12.4 Å². The smallest absolute Gasteiger partial charge is 0.146 e. The number of allylic oxidation sites excluding steroid dienone is 2. The summed E-state index contributed by atoms with van der Waals surface area (Å²) in [5.74, 6) is 0.358. The molecule has 0 N–H and O–H groups in total. The second-order valence-electron chi connectivity index (χ2n) is 8.81. The molecule has 0 bridgehead atoms. The molecule has 1 spiro atoms. The van der Waals surface area contributed by atoms with Gasteiger partial charge in [-0.3, -0.25) is 9.69 Å². The first-order valence-electron chi connectivity index (χ1n) is 11.0.